The van der Waals surface area contributed by atoms with Crippen LogP contribution in [0.5, 0.6) is 0 Å². The maximum absolute atomic E-state index is 12.9. The van der Waals surface area contributed by atoms with Crippen LogP contribution in [0.15, 0.2) is 40.2 Å². The van der Waals surface area contributed by atoms with Gasteiger partial charge in [-0.3, -0.25) is 9.36 Å². The number of sulfone groups is 1. The van der Waals surface area contributed by atoms with Crippen LogP contribution in [0, 0.1) is 12.8 Å². The molecule has 1 N–H and O–H groups in total. The van der Waals surface area contributed by atoms with E-state index in [1.165, 1.54) is 4.57 Å². The number of hydrogen-bond acceptors (Lipinski definition) is 6. The molecule has 2 aromatic heterocycles. The van der Waals surface area contributed by atoms with E-state index in [1.807, 2.05) is 34.6 Å². The van der Waals surface area contributed by atoms with Crippen LogP contribution < -0.4 is 10.9 Å². The minimum atomic E-state index is -3.41. The van der Waals surface area contributed by atoms with Crippen LogP contribution in [0.3, 0.4) is 0 Å². The Morgan fingerprint density at radius 3 is 2.41 bits per heavy atom. The first-order valence-corrected chi connectivity index (χ1v) is 12.5. The molecule has 0 aliphatic rings. The number of halogens is 1. The van der Waals surface area contributed by atoms with E-state index in [4.69, 9.17) is 11.6 Å². The van der Waals surface area contributed by atoms with Crippen LogP contribution in [0.2, 0.25) is 5.02 Å². The van der Waals surface area contributed by atoms with Gasteiger partial charge >= 0.3 is 0 Å². The van der Waals surface area contributed by atoms with E-state index in [9.17, 15) is 13.2 Å². The zero-order chi connectivity index (χ0) is 23.8. The minimum absolute atomic E-state index is 0.120. The van der Waals surface area contributed by atoms with Gasteiger partial charge in [-0.15, -0.1) is 0 Å². The monoisotopic (exact) mass is 476 g/mol. The lowest BCUT2D eigenvalue weighted by molar-refractivity contribution is 0.537. The van der Waals surface area contributed by atoms with E-state index in [0.29, 0.717) is 39.9 Å². The van der Waals surface area contributed by atoms with Gasteiger partial charge in [-0.1, -0.05) is 25.4 Å². The Morgan fingerprint density at radius 1 is 1.12 bits per heavy atom. The van der Waals surface area contributed by atoms with Crippen molar-refractivity contribution in [2.24, 2.45) is 5.92 Å². The molecule has 7 nitrogen and oxygen atoms in total. The Hall–Kier alpha value is -2.45. The Kier molecular flexibility index (Phi) is 6.95. The Morgan fingerprint density at radius 2 is 1.81 bits per heavy atom. The normalized spacial score (nSPS) is 13.2. The summed E-state index contributed by atoms with van der Waals surface area (Å²) in [7, 11) is -3.41. The van der Waals surface area contributed by atoms with Crippen molar-refractivity contribution in [1.82, 2.24) is 14.5 Å². The van der Waals surface area contributed by atoms with Crippen molar-refractivity contribution in [3.8, 4) is 0 Å². The third kappa shape index (κ3) is 4.81. The van der Waals surface area contributed by atoms with Crippen LogP contribution in [0.1, 0.15) is 52.6 Å². The quantitative estimate of drug-likeness (QED) is 0.498. The average Bonchev–Trinajstić information content (AvgIpc) is 2.69. The summed E-state index contributed by atoms with van der Waals surface area (Å²) in [6.45, 7) is 11.4. The molecule has 1 atom stereocenters. The number of rotatable bonds is 7. The predicted molar refractivity (Wildman–Crippen MR) is 130 cm³/mol. The van der Waals surface area contributed by atoms with E-state index in [0.717, 1.165) is 5.56 Å². The van der Waals surface area contributed by atoms with E-state index in [1.54, 1.807) is 37.4 Å². The Labute approximate surface area is 193 Å². The number of nitrogens with one attached hydrogen (secondary N) is 1. The van der Waals surface area contributed by atoms with Crippen LogP contribution in [-0.2, 0) is 9.84 Å². The molecular weight excluding hydrogens is 448 g/mol. The molecular formula is C23H29ClN4O3S. The number of fused-ring (bicyclic) bond motifs is 1. The second-order valence-electron chi connectivity index (χ2n) is 8.82. The first-order chi connectivity index (χ1) is 14.9. The van der Waals surface area contributed by atoms with Gasteiger partial charge in [-0.05, 0) is 69.9 Å². The molecule has 1 unspecified atom stereocenters. The third-order valence-electron chi connectivity index (χ3n) is 5.35. The summed E-state index contributed by atoms with van der Waals surface area (Å²) < 4.78 is 27.3. The molecule has 32 heavy (non-hydrogen) atoms. The molecule has 0 radical (unpaired) electrons. The molecule has 0 fully saturated rings. The molecule has 2 heterocycles. The average molecular weight is 477 g/mol. The predicted octanol–water partition coefficient (Wildman–Crippen LogP) is 5.29. The fraction of sp³-hybridized carbons (Fsp3) is 0.435. The molecule has 0 aliphatic heterocycles. The van der Waals surface area contributed by atoms with Gasteiger partial charge in [0.15, 0.2) is 9.84 Å². The molecule has 1 aromatic carbocycles. The lowest BCUT2D eigenvalue weighted by Gasteiger charge is -2.17. The van der Waals surface area contributed by atoms with Gasteiger partial charge in [-0.2, -0.15) is 4.98 Å². The molecule has 0 spiro atoms. The lowest BCUT2D eigenvalue weighted by atomic mass is 10.1. The van der Waals surface area contributed by atoms with Crippen LogP contribution in [-0.4, -0.2) is 28.2 Å². The second-order valence-corrected chi connectivity index (χ2v) is 11.6. The standard InChI is InChI=1S/C23H29ClN4O3S/c1-13(2)9-16(6)32(30,31)18-7-8-20(15(5)10-18)26-23-25-12-17-11-19(24)22(29)28(14(3)4)21(17)27-23/h7-8,10-14,16H,9H2,1-6H3,(H,25,26,27). The fourth-order valence-electron chi connectivity index (χ4n) is 3.72. The van der Waals surface area contributed by atoms with E-state index < -0.39 is 15.1 Å². The summed E-state index contributed by atoms with van der Waals surface area (Å²) in [6.07, 6.45) is 2.21. The molecule has 172 valence electrons. The smallest absolute Gasteiger partial charge is 0.271 e. The lowest BCUT2D eigenvalue weighted by Crippen LogP contribution is -2.23. The fourth-order valence-corrected chi connectivity index (χ4v) is 5.63. The molecule has 3 rings (SSSR count). The van der Waals surface area contributed by atoms with E-state index >= 15 is 0 Å². The summed E-state index contributed by atoms with van der Waals surface area (Å²) in [4.78, 5) is 21.7. The highest BCUT2D eigenvalue weighted by Crippen LogP contribution is 2.27. The Balaban J connectivity index is 1.97. The van der Waals surface area contributed by atoms with Crippen LogP contribution in [0.4, 0.5) is 11.6 Å². The highest BCUT2D eigenvalue weighted by atomic mass is 35.5. The van der Waals surface area contributed by atoms with Crippen molar-refractivity contribution >= 4 is 44.1 Å². The molecule has 0 saturated carbocycles. The first kappa shape index (κ1) is 24.2. The van der Waals surface area contributed by atoms with Crippen molar-refractivity contribution in [2.75, 3.05) is 5.32 Å². The second kappa shape index (κ2) is 9.19. The largest absolute Gasteiger partial charge is 0.324 e. The van der Waals surface area contributed by atoms with Crippen molar-refractivity contribution in [3.05, 3.63) is 51.4 Å². The van der Waals surface area contributed by atoms with Gasteiger partial charge in [0, 0.05) is 23.3 Å². The number of pyridine rings is 1. The van der Waals surface area contributed by atoms with Gasteiger partial charge in [0.25, 0.3) is 5.56 Å². The number of hydrogen-bond donors (Lipinski definition) is 1. The number of aromatic nitrogens is 3. The number of aryl methyl sites for hydroxylation is 1. The molecule has 0 amide bonds. The van der Waals surface area contributed by atoms with Gasteiger partial charge in [0.2, 0.25) is 5.95 Å². The van der Waals surface area contributed by atoms with Gasteiger partial charge < -0.3 is 5.32 Å². The summed E-state index contributed by atoms with van der Waals surface area (Å²) in [5.74, 6) is 0.602. The van der Waals surface area contributed by atoms with Crippen LogP contribution in [0.25, 0.3) is 11.0 Å². The molecule has 0 bridgehead atoms. The maximum atomic E-state index is 12.9. The van der Waals surface area contributed by atoms with E-state index in [-0.39, 0.29) is 16.6 Å². The third-order valence-corrected chi connectivity index (χ3v) is 7.79. The number of anilines is 2. The van der Waals surface area contributed by atoms with Crippen LogP contribution >= 0.6 is 11.6 Å². The molecule has 0 saturated heterocycles. The topological polar surface area (TPSA) is 94.0 Å². The van der Waals surface area contributed by atoms with Gasteiger partial charge in [0.05, 0.1) is 10.1 Å². The Bertz CT molecular complexity index is 1320. The highest BCUT2D eigenvalue weighted by molar-refractivity contribution is 7.92. The zero-order valence-electron chi connectivity index (χ0n) is 19.2. The number of nitrogens with zero attached hydrogens (tertiary/aromatic N) is 3. The maximum Gasteiger partial charge on any atom is 0.271 e. The van der Waals surface area contributed by atoms with E-state index in [2.05, 4.69) is 15.3 Å². The summed E-state index contributed by atoms with van der Waals surface area (Å²) in [5, 5.41) is 3.46. The number of benzene rings is 1. The van der Waals surface area contributed by atoms with Gasteiger partial charge in [-0.25, -0.2) is 13.4 Å². The molecule has 0 aliphatic carbocycles. The first-order valence-electron chi connectivity index (χ1n) is 10.6. The van der Waals surface area contributed by atoms with Gasteiger partial charge in [0.1, 0.15) is 10.7 Å². The summed E-state index contributed by atoms with van der Waals surface area (Å²) in [5.41, 5.74) is 1.61. The zero-order valence-corrected chi connectivity index (χ0v) is 20.8. The summed E-state index contributed by atoms with van der Waals surface area (Å²) >= 11 is 6.08. The van der Waals surface area contributed by atoms with Crippen molar-refractivity contribution in [3.63, 3.8) is 0 Å². The SMILES string of the molecule is Cc1cc(S(=O)(=O)C(C)CC(C)C)ccc1Nc1ncc2cc(Cl)c(=O)n(C(C)C)c2n1. The molecule has 9 heteroatoms. The minimum Gasteiger partial charge on any atom is -0.324 e. The highest BCUT2D eigenvalue weighted by Gasteiger charge is 2.24. The summed E-state index contributed by atoms with van der Waals surface area (Å²) in [6, 6.07) is 6.41. The van der Waals surface area contributed by atoms with Crippen molar-refractivity contribution in [2.45, 2.75) is 64.2 Å². The molecule has 3 aromatic rings. The van der Waals surface area contributed by atoms with Crippen molar-refractivity contribution < 1.29 is 8.42 Å². The van der Waals surface area contributed by atoms with Crippen molar-refractivity contribution in [1.29, 1.82) is 0 Å².